The maximum Gasteiger partial charge on any atom is 0.289 e. The first-order valence-corrected chi connectivity index (χ1v) is 14.1. The lowest BCUT2D eigenvalue weighted by Gasteiger charge is -2.38. The minimum atomic E-state index is -0.176. The third-order valence-corrected chi connectivity index (χ3v) is 8.21. The summed E-state index contributed by atoms with van der Waals surface area (Å²) in [6.07, 6.45) is 2.78. The van der Waals surface area contributed by atoms with Gasteiger partial charge in [0.15, 0.2) is 5.76 Å². The van der Waals surface area contributed by atoms with E-state index in [1.165, 1.54) is 11.1 Å². The number of amides is 3. The molecular weight excluding hydrogens is 506 g/mol. The second kappa shape index (κ2) is 10.8. The number of piperazine rings is 1. The summed E-state index contributed by atoms with van der Waals surface area (Å²) in [5, 5.41) is 0. The molecule has 1 aliphatic carbocycles. The Morgan fingerprint density at radius 1 is 0.900 bits per heavy atom. The fourth-order valence-corrected chi connectivity index (χ4v) is 5.70. The molecule has 0 bridgehead atoms. The first kappa shape index (κ1) is 26.2. The zero-order valence-corrected chi connectivity index (χ0v) is 23.1. The molecule has 2 aliphatic heterocycles. The summed E-state index contributed by atoms with van der Waals surface area (Å²) in [5.74, 6) is 1.78. The summed E-state index contributed by atoms with van der Waals surface area (Å²) in [6.45, 7) is 6.56. The SMILES string of the molecule is CC(=O)N1CCN(C(=O)c2ccc(COc3ccc4c(c3)[C@@H](c3ccc(C)cc3)N(C(=O)C3CC3)CC4)o2)CC1. The molecule has 1 saturated carbocycles. The van der Waals surface area contributed by atoms with E-state index in [9.17, 15) is 14.4 Å². The van der Waals surface area contributed by atoms with E-state index in [1.54, 1.807) is 28.9 Å². The minimum Gasteiger partial charge on any atom is -0.486 e. The molecule has 3 aliphatic rings. The van der Waals surface area contributed by atoms with E-state index in [0.29, 0.717) is 44.2 Å². The molecule has 1 saturated heterocycles. The van der Waals surface area contributed by atoms with E-state index in [0.717, 1.165) is 30.4 Å². The van der Waals surface area contributed by atoms with E-state index in [-0.39, 0.29) is 42.0 Å². The van der Waals surface area contributed by atoms with Crippen LogP contribution < -0.4 is 4.74 Å². The average molecular weight is 542 g/mol. The lowest BCUT2D eigenvalue weighted by molar-refractivity contribution is -0.134. The van der Waals surface area contributed by atoms with Crippen LogP contribution in [0.1, 0.15) is 64.4 Å². The smallest absolute Gasteiger partial charge is 0.289 e. The van der Waals surface area contributed by atoms with E-state index < -0.39 is 0 Å². The van der Waals surface area contributed by atoms with E-state index in [1.807, 2.05) is 6.07 Å². The van der Waals surface area contributed by atoms with Crippen molar-refractivity contribution in [2.75, 3.05) is 32.7 Å². The molecule has 8 nitrogen and oxygen atoms in total. The van der Waals surface area contributed by atoms with Crippen LogP contribution in [0.5, 0.6) is 5.75 Å². The first-order valence-electron chi connectivity index (χ1n) is 14.1. The van der Waals surface area contributed by atoms with Crippen LogP contribution in [0.4, 0.5) is 0 Å². The molecular formula is C32H35N3O5. The van der Waals surface area contributed by atoms with Gasteiger partial charge in [-0.15, -0.1) is 0 Å². The highest BCUT2D eigenvalue weighted by atomic mass is 16.5. The van der Waals surface area contributed by atoms with Gasteiger partial charge in [0.2, 0.25) is 11.8 Å². The van der Waals surface area contributed by atoms with Gasteiger partial charge in [-0.3, -0.25) is 14.4 Å². The molecule has 8 heteroatoms. The highest BCUT2D eigenvalue weighted by Gasteiger charge is 2.39. The zero-order valence-electron chi connectivity index (χ0n) is 23.1. The van der Waals surface area contributed by atoms with Gasteiger partial charge in [0.25, 0.3) is 5.91 Å². The molecule has 6 rings (SSSR count). The average Bonchev–Trinajstić information content (AvgIpc) is 3.72. The molecule has 0 N–H and O–H groups in total. The molecule has 3 amide bonds. The number of carbonyl (C=O) groups excluding carboxylic acids is 3. The van der Waals surface area contributed by atoms with Crippen LogP contribution in [-0.4, -0.2) is 65.1 Å². The van der Waals surface area contributed by atoms with Crippen LogP contribution in [-0.2, 0) is 22.6 Å². The zero-order chi connectivity index (χ0) is 27.8. The molecule has 1 aromatic heterocycles. The van der Waals surface area contributed by atoms with Crippen LogP contribution in [0.15, 0.2) is 59.0 Å². The van der Waals surface area contributed by atoms with Gasteiger partial charge in [0.1, 0.15) is 18.1 Å². The van der Waals surface area contributed by atoms with E-state index in [4.69, 9.17) is 9.15 Å². The van der Waals surface area contributed by atoms with Crippen LogP contribution in [0, 0.1) is 12.8 Å². The summed E-state index contributed by atoms with van der Waals surface area (Å²) in [7, 11) is 0. The Bertz CT molecular complexity index is 1420. The second-order valence-electron chi connectivity index (χ2n) is 11.1. The number of rotatable bonds is 6. The van der Waals surface area contributed by atoms with Crippen LogP contribution >= 0.6 is 0 Å². The Kier molecular flexibility index (Phi) is 7.09. The van der Waals surface area contributed by atoms with Crippen molar-refractivity contribution in [2.45, 2.75) is 45.8 Å². The maximum atomic E-state index is 13.3. The number of aryl methyl sites for hydroxylation is 1. The third kappa shape index (κ3) is 5.35. The van der Waals surface area contributed by atoms with Crippen molar-refractivity contribution in [2.24, 2.45) is 5.92 Å². The van der Waals surface area contributed by atoms with Crippen molar-refractivity contribution in [3.8, 4) is 5.75 Å². The summed E-state index contributed by atoms with van der Waals surface area (Å²) >= 11 is 0. The van der Waals surface area contributed by atoms with Crippen molar-refractivity contribution < 1.29 is 23.5 Å². The summed E-state index contributed by atoms with van der Waals surface area (Å²) < 4.78 is 12.0. The molecule has 3 aromatic rings. The number of ether oxygens (including phenoxy) is 1. The number of benzene rings is 2. The van der Waals surface area contributed by atoms with Crippen molar-refractivity contribution >= 4 is 17.7 Å². The van der Waals surface area contributed by atoms with Gasteiger partial charge in [-0.05, 0) is 67.1 Å². The van der Waals surface area contributed by atoms with Gasteiger partial charge in [0.05, 0.1) is 6.04 Å². The van der Waals surface area contributed by atoms with Gasteiger partial charge < -0.3 is 23.9 Å². The normalized spacial score (nSPS) is 18.9. The molecule has 0 unspecified atom stereocenters. The van der Waals surface area contributed by atoms with Crippen LogP contribution in [0.3, 0.4) is 0 Å². The standard InChI is InChI=1S/C32H35N3O5/c1-21-3-5-24(6-4-21)30-28-19-26(10-9-23(28)13-14-35(30)31(37)25-7-8-25)39-20-27-11-12-29(40-27)32(38)34-17-15-33(16-18-34)22(2)36/h3-6,9-12,19,25,30H,7-8,13-18,20H2,1-2H3/t30-/m1/s1. The van der Waals surface area contributed by atoms with Gasteiger partial charge >= 0.3 is 0 Å². The number of hydrogen-bond donors (Lipinski definition) is 0. The molecule has 1 atom stereocenters. The lowest BCUT2D eigenvalue weighted by Crippen LogP contribution is -2.50. The van der Waals surface area contributed by atoms with E-state index in [2.05, 4.69) is 48.2 Å². The molecule has 208 valence electrons. The Morgan fingerprint density at radius 3 is 2.33 bits per heavy atom. The Balaban J connectivity index is 1.16. The number of furan rings is 1. The molecule has 2 aromatic carbocycles. The third-order valence-electron chi connectivity index (χ3n) is 8.21. The fraction of sp³-hybridized carbons (Fsp3) is 0.406. The highest BCUT2D eigenvalue weighted by Crippen LogP contribution is 2.41. The topological polar surface area (TPSA) is 83.3 Å². The minimum absolute atomic E-state index is 0.0270. The Labute approximate surface area is 234 Å². The van der Waals surface area contributed by atoms with Gasteiger partial charge in [-0.2, -0.15) is 0 Å². The number of nitrogens with zero attached hydrogens (tertiary/aromatic N) is 3. The van der Waals surface area contributed by atoms with Crippen LogP contribution in [0.2, 0.25) is 0 Å². The highest BCUT2D eigenvalue weighted by molar-refractivity contribution is 5.91. The molecule has 0 spiro atoms. The van der Waals surface area contributed by atoms with Crippen molar-refractivity contribution in [1.82, 2.24) is 14.7 Å². The van der Waals surface area contributed by atoms with Gasteiger partial charge in [-0.1, -0.05) is 35.9 Å². The summed E-state index contributed by atoms with van der Waals surface area (Å²) in [6, 6.07) is 17.9. The van der Waals surface area contributed by atoms with E-state index >= 15 is 0 Å². The molecule has 2 fully saturated rings. The number of fused-ring (bicyclic) bond motifs is 1. The first-order chi connectivity index (χ1) is 19.4. The van der Waals surface area contributed by atoms with Gasteiger partial charge in [0, 0.05) is 45.6 Å². The number of hydrogen-bond acceptors (Lipinski definition) is 5. The predicted octanol–water partition coefficient (Wildman–Crippen LogP) is 4.36. The van der Waals surface area contributed by atoms with Crippen LogP contribution in [0.25, 0.3) is 0 Å². The quantitative estimate of drug-likeness (QED) is 0.463. The monoisotopic (exact) mass is 541 g/mol. The summed E-state index contributed by atoms with van der Waals surface area (Å²) in [5.41, 5.74) is 4.62. The number of carbonyl (C=O) groups is 3. The summed E-state index contributed by atoms with van der Waals surface area (Å²) in [4.78, 5) is 43.3. The predicted molar refractivity (Wildman–Crippen MR) is 149 cm³/mol. The van der Waals surface area contributed by atoms with Crippen molar-refractivity contribution in [3.63, 3.8) is 0 Å². The molecule has 40 heavy (non-hydrogen) atoms. The second-order valence-corrected chi connectivity index (χ2v) is 11.1. The fourth-order valence-electron chi connectivity index (χ4n) is 5.70. The van der Waals surface area contributed by atoms with Crippen molar-refractivity contribution in [3.05, 3.63) is 88.4 Å². The lowest BCUT2D eigenvalue weighted by atomic mass is 9.87. The van der Waals surface area contributed by atoms with Crippen molar-refractivity contribution in [1.29, 1.82) is 0 Å². The Hall–Kier alpha value is -4.07. The Morgan fingerprint density at radius 2 is 1.62 bits per heavy atom. The molecule has 3 heterocycles. The van der Waals surface area contributed by atoms with Gasteiger partial charge in [-0.25, -0.2) is 0 Å². The largest absolute Gasteiger partial charge is 0.486 e. The molecule has 0 radical (unpaired) electrons. The maximum absolute atomic E-state index is 13.3.